The van der Waals surface area contributed by atoms with E-state index >= 15 is 0 Å². The Balaban J connectivity index is 0.000000492. The Hall–Kier alpha value is -2.07. The topological polar surface area (TPSA) is 72.3 Å². The zero-order chi connectivity index (χ0) is 13.2. The van der Waals surface area contributed by atoms with E-state index in [0.29, 0.717) is 6.54 Å². The second-order valence-corrected chi connectivity index (χ2v) is 3.85. The Morgan fingerprint density at radius 1 is 1.28 bits per heavy atom. The molecule has 0 saturated carbocycles. The predicted molar refractivity (Wildman–Crippen MR) is 73.4 cm³/mol. The zero-order valence-electron chi connectivity index (χ0n) is 10.3. The third-order valence-electron chi connectivity index (χ3n) is 2.55. The molecule has 0 bridgehead atoms. The summed E-state index contributed by atoms with van der Waals surface area (Å²) in [6.45, 7) is 2.55. The number of hydrogen-bond acceptors (Lipinski definition) is 3. The number of primary amides is 1. The SMILES string of the molecule is NC=O.NCC1=CCN(Cc2ccccc2)C=C1. The minimum Gasteiger partial charge on any atom is -0.372 e. The molecule has 0 aliphatic carbocycles. The van der Waals surface area contributed by atoms with Crippen LogP contribution in [-0.2, 0) is 11.3 Å². The van der Waals surface area contributed by atoms with Crippen molar-refractivity contribution in [2.75, 3.05) is 13.1 Å². The second kappa shape index (κ2) is 8.08. The van der Waals surface area contributed by atoms with Crippen LogP contribution in [0.2, 0.25) is 0 Å². The Labute approximate surface area is 108 Å². The fourth-order valence-electron chi connectivity index (χ4n) is 1.65. The number of amides is 1. The van der Waals surface area contributed by atoms with E-state index in [1.54, 1.807) is 0 Å². The molecule has 0 saturated heterocycles. The van der Waals surface area contributed by atoms with Crippen LogP contribution in [-0.4, -0.2) is 24.4 Å². The molecule has 1 aromatic rings. The molecule has 1 aliphatic heterocycles. The van der Waals surface area contributed by atoms with Gasteiger partial charge in [0, 0.05) is 25.8 Å². The Morgan fingerprint density at radius 2 is 1.94 bits per heavy atom. The van der Waals surface area contributed by atoms with Gasteiger partial charge in [0.15, 0.2) is 0 Å². The highest BCUT2D eigenvalue weighted by Crippen LogP contribution is 2.10. The second-order valence-electron chi connectivity index (χ2n) is 3.85. The smallest absolute Gasteiger partial charge is 0.204 e. The minimum atomic E-state index is 0.250. The molecule has 1 aromatic carbocycles. The molecular weight excluding hydrogens is 226 g/mol. The predicted octanol–water partition coefficient (Wildman–Crippen LogP) is 1.00. The van der Waals surface area contributed by atoms with E-state index in [1.807, 2.05) is 6.07 Å². The van der Waals surface area contributed by atoms with Crippen molar-refractivity contribution in [3.8, 4) is 0 Å². The summed E-state index contributed by atoms with van der Waals surface area (Å²) in [5.74, 6) is 0. The first-order chi connectivity index (χ1) is 8.80. The van der Waals surface area contributed by atoms with Crippen LogP contribution in [0.15, 0.2) is 54.3 Å². The van der Waals surface area contributed by atoms with E-state index < -0.39 is 0 Å². The number of rotatable bonds is 3. The fraction of sp³-hybridized carbons (Fsp3) is 0.214. The van der Waals surface area contributed by atoms with Gasteiger partial charge < -0.3 is 16.4 Å². The van der Waals surface area contributed by atoms with Gasteiger partial charge in [-0.3, -0.25) is 4.79 Å². The van der Waals surface area contributed by atoms with Crippen molar-refractivity contribution in [1.29, 1.82) is 0 Å². The molecule has 0 unspecified atom stereocenters. The van der Waals surface area contributed by atoms with E-state index in [2.05, 4.69) is 53.3 Å². The molecule has 0 fully saturated rings. The molecule has 4 N–H and O–H groups in total. The Kier molecular flexibility index (Phi) is 6.28. The van der Waals surface area contributed by atoms with E-state index in [4.69, 9.17) is 10.5 Å². The van der Waals surface area contributed by atoms with Gasteiger partial charge in [0.25, 0.3) is 0 Å². The normalized spacial score (nSPS) is 13.4. The first-order valence-electron chi connectivity index (χ1n) is 5.80. The lowest BCUT2D eigenvalue weighted by molar-refractivity contribution is -0.106. The van der Waals surface area contributed by atoms with Crippen molar-refractivity contribution in [2.24, 2.45) is 11.5 Å². The summed E-state index contributed by atoms with van der Waals surface area (Å²) in [6.07, 6.45) is 6.64. The highest BCUT2D eigenvalue weighted by atomic mass is 16.1. The van der Waals surface area contributed by atoms with Crippen molar-refractivity contribution < 1.29 is 4.79 Å². The molecule has 1 aliphatic rings. The zero-order valence-corrected chi connectivity index (χ0v) is 10.3. The number of nitrogens with zero attached hydrogens (tertiary/aromatic N) is 1. The molecule has 18 heavy (non-hydrogen) atoms. The molecule has 1 heterocycles. The number of nitrogens with two attached hydrogens (primary N) is 2. The lowest BCUT2D eigenvalue weighted by Crippen LogP contribution is -2.20. The molecule has 0 atom stereocenters. The average Bonchev–Trinajstić information content (AvgIpc) is 2.42. The third kappa shape index (κ3) is 4.84. The van der Waals surface area contributed by atoms with Crippen molar-refractivity contribution in [3.63, 3.8) is 0 Å². The van der Waals surface area contributed by atoms with Crippen LogP contribution in [0.3, 0.4) is 0 Å². The molecule has 0 aromatic heterocycles. The highest BCUT2D eigenvalue weighted by molar-refractivity contribution is 5.42. The standard InChI is InChI=1S/C13H16N2.CH3NO/c14-10-12-6-8-15(9-7-12)11-13-4-2-1-3-5-13;2-1-3/h1-8H,9-11,14H2;1H,(H2,2,3). The molecule has 1 amide bonds. The lowest BCUT2D eigenvalue weighted by Gasteiger charge is -2.22. The van der Waals surface area contributed by atoms with Gasteiger partial charge in [0.2, 0.25) is 6.41 Å². The van der Waals surface area contributed by atoms with Crippen LogP contribution in [0.4, 0.5) is 0 Å². The number of carbonyl (C=O) groups is 1. The number of benzene rings is 1. The maximum Gasteiger partial charge on any atom is 0.204 e. The fourth-order valence-corrected chi connectivity index (χ4v) is 1.65. The van der Waals surface area contributed by atoms with Crippen LogP contribution in [0.1, 0.15) is 5.56 Å². The van der Waals surface area contributed by atoms with Crippen LogP contribution in [0, 0.1) is 0 Å². The highest BCUT2D eigenvalue weighted by Gasteiger charge is 2.03. The molecule has 4 nitrogen and oxygen atoms in total. The Morgan fingerprint density at radius 3 is 2.44 bits per heavy atom. The molecule has 4 heteroatoms. The van der Waals surface area contributed by atoms with Gasteiger partial charge in [-0.05, 0) is 17.2 Å². The first kappa shape index (κ1) is 14.0. The van der Waals surface area contributed by atoms with Crippen molar-refractivity contribution >= 4 is 6.41 Å². The van der Waals surface area contributed by atoms with Crippen LogP contribution < -0.4 is 11.5 Å². The molecular formula is C14H19N3O. The summed E-state index contributed by atoms with van der Waals surface area (Å²) in [5, 5.41) is 0. The van der Waals surface area contributed by atoms with Crippen molar-refractivity contribution in [2.45, 2.75) is 6.54 Å². The van der Waals surface area contributed by atoms with Gasteiger partial charge in [0.1, 0.15) is 0 Å². The number of carbonyl (C=O) groups excluding carboxylic acids is 1. The summed E-state index contributed by atoms with van der Waals surface area (Å²) < 4.78 is 0. The van der Waals surface area contributed by atoms with Crippen LogP contribution in [0.25, 0.3) is 0 Å². The van der Waals surface area contributed by atoms with E-state index in [9.17, 15) is 0 Å². The van der Waals surface area contributed by atoms with Crippen molar-refractivity contribution in [3.05, 3.63) is 59.8 Å². The van der Waals surface area contributed by atoms with Crippen LogP contribution in [0.5, 0.6) is 0 Å². The van der Waals surface area contributed by atoms with Crippen molar-refractivity contribution in [1.82, 2.24) is 4.90 Å². The largest absolute Gasteiger partial charge is 0.372 e. The average molecular weight is 245 g/mol. The van der Waals surface area contributed by atoms with Gasteiger partial charge in [-0.1, -0.05) is 36.4 Å². The molecule has 0 radical (unpaired) electrons. The summed E-state index contributed by atoms with van der Waals surface area (Å²) in [4.78, 5) is 10.9. The monoisotopic (exact) mass is 245 g/mol. The molecule has 2 rings (SSSR count). The van der Waals surface area contributed by atoms with Crippen LogP contribution >= 0.6 is 0 Å². The Bertz CT molecular complexity index is 412. The first-order valence-corrected chi connectivity index (χ1v) is 5.80. The van der Waals surface area contributed by atoms with Gasteiger partial charge in [0.05, 0.1) is 0 Å². The summed E-state index contributed by atoms with van der Waals surface area (Å²) in [6, 6.07) is 10.5. The van der Waals surface area contributed by atoms with E-state index in [1.165, 1.54) is 11.1 Å². The summed E-state index contributed by atoms with van der Waals surface area (Å²) >= 11 is 0. The van der Waals surface area contributed by atoms with E-state index in [-0.39, 0.29) is 6.41 Å². The lowest BCUT2D eigenvalue weighted by atomic mass is 10.1. The maximum atomic E-state index is 8.58. The van der Waals surface area contributed by atoms with Gasteiger partial charge in [-0.15, -0.1) is 0 Å². The minimum absolute atomic E-state index is 0.250. The van der Waals surface area contributed by atoms with E-state index in [0.717, 1.165) is 13.1 Å². The molecule has 96 valence electrons. The van der Waals surface area contributed by atoms with Gasteiger partial charge >= 0.3 is 0 Å². The van der Waals surface area contributed by atoms with Gasteiger partial charge in [-0.2, -0.15) is 0 Å². The molecule has 0 spiro atoms. The number of hydrogen-bond donors (Lipinski definition) is 2. The maximum absolute atomic E-state index is 8.58. The third-order valence-corrected chi connectivity index (χ3v) is 2.55. The summed E-state index contributed by atoms with van der Waals surface area (Å²) in [5.41, 5.74) is 12.3. The quantitative estimate of drug-likeness (QED) is 0.780. The van der Waals surface area contributed by atoms with Gasteiger partial charge in [-0.25, -0.2) is 0 Å². The summed E-state index contributed by atoms with van der Waals surface area (Å²) in [7, 11) is 0.